The Labute approximate surface area is 363 Å². The van der Waals surface area contributed by atoms with E-state index >= 15 is 0 Å². The van der Waals surface area contributed by atoms with Crippen molar-refractivity contribution in [2.75, 3.05) is 27.4 Å². The van der Waals surface area contributed by atoms with Crippen LogP contribution in [-0.4, -0.2) is 59.2 Å². The first-order valence-electron chi connectivity index (χ1n) is 22.9. The first kappa shape index (κ1) is 53.3. The number of unbranched alkanes of at least 4 members (excludes halogenated alkanes) is 22. The zero-order valence-electron chi connectivity index (χ0n) is 37.2. The van der Waals surface area contributed by atoms with Gasteiger partial charge in [0.1, 0.15) is 26.0 Å². The van der Waals surface area contributed by atoms with Crippen LogP contribution in [0, 0.1) is 0 Å². The summed E-state index contributed by atoms with van der Waals surface area (Å²) >= 11 is 0. The van der Waals surface area contributed by atoms with Crippen molar-refractivity contribution in [2.24, 2.45) is 0 Å². The summed E-state index contributed by atoms with van der Waals surface area (Å²) in [6.07, 6.45) is 27.4. The van der Waals surface area contributed by atoms with Gasteiger partial charge in [-0.2, -0.15) is 0 Å². The molecule has 0 aliphatic heterocycles. The summed E-state index contributed by atoms with van der Waals surface area (Å²) in [5.41, 5.74) is -0.0171. The van der Waals surface area contributed by atoms with Gasteiger partial charge in [0.15, 0.2) is 23.0 Å². The lowest BCUT2D eigenvalue weighted by Gasteiger charge is -2.24. The van der Waals surface area contributed by atoms with Crippen molar-refractivity contribution >= 4 is 26.0 Å². The fraction of sp³-hybridized carbons (Fsp3) is 0.723. The number of Topliss-reactive ketones (excluding diaryl/α,β-unsaturated/α-hetero) is 1. The van der Waals surface area contributed by atoms with E-state index in [2.05, 4.69) is 13.8 Å². The molecule has 60 heavy (non-hydrogen) atoms. The molecule has 0 heterocycles. The van der Waals surface area contributed by atoms with E-state index in [4.69, 9.17) is 18.9 Å². The average Bonchev–Trinajstić information content (AvgIpc) is 3.21. The quantitative estimate of drug-likeness (QED) is 0.0465. The number of carbonyl (C=O) groups is 1. The Morgan fingerprint density at radius 1 is 0.467 bits per heavy atom. The third-order valence-corrected chi connectivity index (χ3v) is 13.4. The van der Waals surface area contributed by atoms with E-state index in [1.54, 1.807) is 0 Å². The molecule has 0 amide bonds. The minimum Gasteiger partial charge on any atom is -0.747 e. The summed E-state index contributed by atoms with van der Waals surface area (Å²) in [5.74, 6) is 0.235. The Bertz CT molecular complexity index is 1560. The molecule has 2 aromatic carbocycles. The molecule has 13 heteroatoms. The number of carbonyl (C=O) groups excluding carboxylic acids is 1. The van der Waals surface area contributed by atoms with Gasteiger partial charge in [0.05, 0.1) is 37.9 Å². The Hall–Kier alpha value is -2.87. The number of hydrogen-bond donors (Lipinski definition) is 0. The summed E-state index contributed by atoms with van der Waals surface area (Å²) in [7, 11) is -7.43. The van der Waals surface area contributed by atoms with Gasteiger partial charge in [0.2, 0.25) is 0 Å². The topological polar surface area (TPSA) is 168 Å². The summed E-state index contributed by atoms with van der Waals surface area (Å²) < 4.78 is 97.6. The average molecular weight is 881 g/mol. The van der Waals surface area contributed by atoms with Crippen LogP contribution in [0.1, 0.15) is 202 Å². The van der Waals surface area contributed by atoms with Gasteiger partial charge in [-0.15, -0.1) is 0 Å². The smallest absolute Gasteiger partial charge is 0.161 e. The SMILES string of the molecule is CCCCCCCCCCCCCCOc1ccc(C(CC(=O)CC(c2ccc(OCCCCCCCCCCCCCC)c(OC)c2)S(=O)(=O)[O-])S(=O)(=O)[O-])cc1OC. The van der Waals surface area contributed by atoms with E-state index in [0.29, 0.717) is 24.7 Å². The molecule has 2 unspecified atom stereocenters. The lowest BCUT2D eigenvalue weighted by molar-refractivity contribution is -0.119. The summed E-state index contributed by atoms with van der Waals surface area (Å²) in [6.45, 7) is 5.32. The lowest BCUT2D eigenvalue weighted by atomic mass is 10.0. The van der Waals surface area contributed by atoms with Gasteiger partial charge in [-0.05, 0) is 48.2 Å². The molecule has 344 valence electrons. The highest BCUT2D eigenvalue weighted by Crippen LogP contribution is 2.38. The van der Waals surface area contributed by atoms with Crippen LogP contribution < -0.4 is 18.9 Å². The minimum atomic E-state index is -5.10. The van der Waals surface area contributed by atoms with Gasteiger partial charge in [0.25, 0.3) is 0 Å². The zero-order chi connectivity index (χ0) is 44.1. The molecule has 0 N–H and O–H groups in total. The van der Waals surface area contributed by atoms with Crippen molar-refractivity contribution in [3.05, 3.63) is 47.5 Å². The molecule has 0 fully saturated rings. The molecule has 0 aliphatic rings. The van der Waals surface area contributed by atoms with Crippen molar-refractivity contribution in [1.82, 2.24) is 0 Å². The first-order chi connectivity index (χ1) is 28.8. The van der Waals surface area contributed by atoms with Crippen LogP contribution in [0.2, 0.25) is 0 Å². The fourth-order valence-corrected chi connectivity index (χ4v) is 9.27. The van der Waals surface area contributed by atoms with Crippen molar-refractivity contribution in [2.45, 2.75) is 191 Å². The van der Waals surface area contributed by atoms with Crippen LogP contribution in [0.3, 0.4) is 0 Å². The molecule has 0 aromatic heterocycles. The fourth-order valence-electron chi connectivity index (χ4n) is 7.53. The van der Waals surface area contributed by atoms with Crippen molar-refractivity contribution in [3.63, 3.8) is 0 Å². The summed E-state index contributed by atoms with van der Waals surface area (Å²) in [5, 5.41) is -3.69. The van der Waals surface area contributed by atoms with Gasteiger partial charge in [-0.3, -0.25) is 4.79 Å². The van der Waals surface area contributed by atoms with Crippen LogP contribution >= 0.6 is 0 Å². The molecule has 2 atom stereocenters. The Kier molecular flexibility index (Phi) is 27.6. The van der Waals surface area contributed by atoms with Crippen LogP contribution in [0.4, 0.5) is 0 Å². The first-order valence-corrected chi connectivity index (χ1v) is 25.8. The third-order valence-electron chi connectivity index (χ3n) is 11.2. The maximum atomic E-state index is 13.3. The number of rotatable bonds is 38. The second kappa shape index (κ2) is 31.0. The molecule has 0 spiro atoms. The molecule has 0 saturated carbocycles. The molecule has 0 aliphatic carbocycles. The van der Waals surface area contributed by atoms with Crippen LogP contribution in [0.15, 0.2) is 36.4 Å². The molecule has 0 saturated heterocycles. The Morgan fingerprint density at radius 3 is 1.02 bits per heavy atom. The summed E-state index contributed by atoms with van der Waals surface area (Å²) in [6, 6.07) is 8.44. The van der Waals surface area contributed by atoms with Crippen molar-refractivity contribution < 1.29 is 49.7 Å². The lowest BCUT2D eigenvalue weighted by Crippen LogP contribution is -2.21. The molecular formula is C47H76O11S2-2. The number of hydrogen-bond acceptors (Lipinski definition) is 11. The van der Waals surface area contributed by atoms with E-state index < -0.39 is 49.4 Å². The van der Waals surface area contributed by atoms with E-state index in [-0.39, 0.29) is 22.6 Å². The number of ether oxygens (including phenoxy) is 4. The highest BCUT2D eigenvalue weighted by atomic mass is 32.2. The van der Waals surface area contributed by atoms with E-state index in [9.17, 15) is 30.7 Å². The molecule has 0 radical (unpaired) electrons. The molecular weight excluding hydrogens is 805 g/mol. The van der Waals surface area contributed by atoms with E-state index in [0.717, 1.165) is 38.5 Å². The predicted octanol–water partition coefficient (Wildman–Crippen LogP) is 12.1. The molecule has 0 bridgehead atoms. The van der Waals surface area contributed by atoms with Crippen molar-refractivity contribution in [1.29, 1.82) is 0 Å². The monoisotopic (exact) mass is 880 g/mol. The van der Waals surface area contributed by atoms with Crippen LogP contribution in [0.25, 0.3) is 0 Å². The zero-order valence-corrected chi connectivity index (χ0v) is 38.9. The second-order valence-corrected chi connectivity index (χ2v) is 19.3. The number of methoxy groups -OCH3 is 2. The van der Waals surface area contributed by atoms with Gasteiger partial charge < -0.3 is 28.1 Å². The number of benzene rings is 2. The standard InChI is InChI=1S/C47H78O11S2/c1-5-7-9-11-13-15-17-19-21-23-25-27-33-57-42-31-29-39(35-44(42)55-3)46(59(49,50)51)37-41(48)38-47(60(52,53)54)40-30-32-43(45(36-40)56-4)58-34-28-26-24-22-20-18-16-14-12-10-8-6-2/h29-32,35-36,46-47H,5-28,33-34,37-38H2,1-4H3,(H,49,50,51)(H,52,53,54)/p-2. The van der Waals surface area contributed by atoms with Crippen molar-refractivity contribution in [3.8, 4) is 23.0 Å². The molecule has 2 aromatic rings. The highest BCUT2D eigenvalue weighted by molar-refractivity contribution is 7.86. The van der Waals surface area contributed by atoms with Crippen LogP contribution in [0.5, 0.6) is 23.0 Å². The maximum absolute atomic E-state index is 13.3. The van der Waals surface area contributed by atoms with Gasteiger partial charge >= 0.3 is 0 Å². The summed E-state index contributed by atoms with van der Waals surface area (Å²) in [4.78, 5) is 13.3. The van der Waals surface area contributed by atoms with E-state index in [1.165, 1.54) is 166 Å². The molecule has 2 rings (SSSR count). The second-order valence-electron chi connectivity index (χ2n) is 16.2. The third kappa shape index (κ3) is 22.3. The van der Waals surface area contributed by atoms with Gasteiger partial charge in [-0.25, -0.2) is 16.8 Å². The maximum Gasteiger partial charge on any atom is 0.161 e. The van der Waals surface area contributed by atoms with Gasteiger partial charge in [0, 0.05) is 12.8 Å². The normalized spacial score (nSPS) is 12.9. The Morgan fingerprint density at radius 2 is 0.750 bits per heavy atom. The Balaban J connectivity index is 1.92. The number of ketones is 1. The predicted molar refractivity (Wildman–Crippen MR) is 238 cm³/mol. The highest BCUT2D eigenvalue weighted by Gasteiger charge is 2.29. The van der Waals surface area contributed by atoms with E-state index in [1.807, 2.05) is 0 Å². The largest absolute Gasteiger partial charge is 0.747 e. The van der Waals surface area contributed by atoms with Crippen LogP contribution in [-0.2, 0) is 25.0 Å². The minimum absolute atomic E-state index is 0.00854. The van der Waals surface area contributed by atoms with Gasteiger partial charge in [-0.1, -0.05) is 167 Å². The molecule has 11 nitrogen and oxygen atoms in total.